The van der Waals surface area contributed by atoms with Crippen LogP contribution in [0.2, 0.25) is 0 Å². The Morgan fingerprint density at radius 3 is 2.56 bits per heavy atom. The summed E-state index contributed by atoms with van der Waals surface area (Å²) in [5.41, 5.74) is 0.452. The van der Waals surface area contributed by atoms with Gasteiger partial charge in [-0.1, -0.05) is 48.5 Å². The summed E-state index contributed by atoms with van der Waals surface area (Å²) in [4.78, 5) is 14.3. The number of sulfonamides is 1. The topological polar surface area (TPSA) is 119 Å². The van der Waals surface area contributed by atoms with Gasteiger partial charge in [-0.3, -0.25) is 10.1 Å². The van der Waals surface area contributed by atoms with Gasteiger partial charge in [-0.25, -0.2) is 8.42 Å². The molecule has 140 valence electrons. The Hall–Kier alpha value is -3.11. The van der Waals surface area contributed by atoms with Gasteiger partial charge in [-0.15, -0.1) is 0 Å². The van der Waals surface area contributed by atoms with Crippen molar-refractivity contribution in [1.29, 1.82) is 0 Å². The number of nitro groups is 1. The van der Waals surface area contributed by atoms with Gasteiger partial charge in [0.05, 0.1) is 16.4 Å². The molecule has 0 fully saturated rings. The number of rotatable bonds is 7. The van der Waals surface area contributed by atoms with Crippen molar-refractivity contribution in [3.05, 3.63) is 70.6 Å². The van der Waals surface area contributed by atoms with E-state index in [1.165, 1.54) is 18.2 Å². The number of hydrogen-bond acceptors (Lipinski definition) is 7. The third-order valence-corrected chi connectivity index (χ3v) is 5.75. The lowest BCUT2D eigenvalue weighted by molar-refractivity contribution is -0.385. The Morgan fingerprint density at radius 1 is 1.15 bits per heavy atom. The molecule has 0 bridgehead atoms. The van der Waals surface area contributed by atoms with Crippen molar-refractivity contribution in [2.75, 3.05) is 6.54 Å². The number of non-ortho nitro benzene ring substituents is 1. The summed E-state index contributed by atoms with van der Waals surface area (Å²) in [5.74, 6) is 0.485. The maximum absolute atomic E-state index is 12.8. The summed E-state index contributed by atoms with van der Waals surface area (Å²) < 4.78 is 32.0. The third kappa shape index (κ3) is 4.01. The Morgan fingerprint density at radius 2 is 1.89 bits per heavy atom. The molecule has 0 aliphatic carbocycles. The smallest absolute Gasteiger partial charge is 0.270 e. The molecule has 0 N–H and O–H groups in total. The molecule has 0 saturated carbocycles. The van der Waals surface area contributed by atoms with E-state index in [0.717, 1.165) is 15.9 Å². The van der Waals surface area contributed by atoms with Crippen molar-refractivity contribution < 1.29 is 17.9 Å². The molecule has 0 amide bonds. The molecule has 3 rings (SSSR count). The molecular weight excluding hydrogens is 372 g/mol. The van der Waals surface area contributed by atoms with Gasteiger partial charge in [0.2, 0.25) is 21.7 Å². The van der Waals surface area contributed by atoms with Crippen LogP contribution in [0.3, 0.4) is 0 Å². The van der Waals surface area contributed by atoms with Crippen molar-refractivity contribution in [3.8, 4) is 11.4 Å². The summed E-state index contributed by atoms with van der Waals surface area (Å²) in [6.07, 6.45) is 0. The van der Waals surface area contributed by atoms with Crippen LogP contribution in [-0.2, 0) is 16.6 Å². The quantitative estimate of drug-likeness (QED) is 0.451. The molecular formula is C17H16N4O5S. The second kappa shape index (κ2) is 7.64. The van der Waals surface area contributed by atoms with E-state index in [9.17, 15) is 18.5 Å². The molecule has 0 aliphatic heterocycles. The van der Waals surface area contributed by atoms with Crippen molar-refractivity contribution in [3.63, 3.8) is 0 Å². The van der Waals surface area contributed by atoms with Gasteiger partial charge in [0, 0.05) is 24.2 Å². The van der Waals surface area contributed by atoms with E-state index in [-0.39, 0.29) is 29.6 Å². The standard InChI is InChI=1S/C17H16N4O5S/c1-2-20(27(24,25)15-10-6-9-14(11-15)21(22)23)12-16-18-17(19-26-16)13-7-4-3-5-8-13/h3-11H,2,12H2,1H3. The highest BCUT2D eigenvalue weighted by atomic mass is 32.2. The molecule has 0 saturated heterocycles. The fourth-order valence-electron chi connectivity index (χ4n) is 2.45. The second-order valence-electron chi connectivity index (χ2n) is 5.56. The van der Waals surface area contributed by atoms with E-state index < -0.39 is 14.9 Å². The molecule has 1 heterocycles. The van der Waals surface area contributed by atoms with Crippen molar-refractivity contribution in [2.24, 2.45) is 0 Å². The van der Waals surface area contributed by atoms with Gasteiger partial charge in [-0.2, -0.15) is 9.29 Å². The maximum Gasteiger partial charge on any atom is 0.270 e. The molecule has 0 spiro atoms. The van der Waals surface area contributed by atoms with Crippen molar-refractivity contribution >= 4 is 15.7 Å². The zero-order valence-corrected chi connectivity index (χ0v) is 15.2. The molecule has 1 aromatic heterocycles. The van der Waals surface area contributed by atoms with Crippen LogP contribution in [0.15, 0.2) is 64.0 Å². The Labute approximate surface area is 155 Å². The SMILES string of the molecule is CCN(Cc1nc(-c2ccccc2)no1)S(=O)(=O)c1cccc([N+](=O)[O-])c1. The van der Waals surface area contributed by atoms with Crippen LogP contribution in [0.5, 0.6) is 0 Å². The monoisotopic (exact) mass is 388 g/mol. The van der Waals surface area contributed by atoms with Gasteiger partial charge < -0.3 is 4.52 Å². The minimum atomic E-state index is -3.96. The van der Waals surface area contributed by atoms with E-state index in [0.29, 0.717) is 5.82 Å². The van der Waals surface area contributed by atoms with Crippen LogP contribution in [0.1, 0.15) is 12.8 Å². The predicted octanol–water partition coefficient (Wildman–Crippen LogP) is 2.86. The summed E-state index contributed by atoms with van der Waals surface area (Å²) in [5, 5.41) is 14.8. The maximum atomic E-state index is 12.8. The van der Waals surface area contributed by atoms with Gasteiger partial charge in [0.25, 0.3) is 5.69 Å². The van der Waals surface area contributed by atoms with Gasteiger partial charge in [0.15, 0.2) is 0 Å². The highest BCUT2D eigenvalue weighted by molar-refractivity contribution is 7.89. The van der Waals surface area contributed by atoms with Gasteiger partial charge in [-0.05, 0) is 6.07 Å². The van der Waals surface area contributed by atoms with E-state index in [2.05, 4.69) is 10.1 Å². The molecule has 3 aromatic rings. The third-order valence-electron chi connectivity index (χ3n) is 3.83. The van der Waals surface area contributed by atoms with Gasteiger partial charge >= 0.3 is 0 Å². The van der Waals surface area contributed by atoms with Crippen LogP contribution in [0.25, 0.3) is 11.4 Å². The molecule has 0 aliphatic rings. The summed E-state index contributed by atoms with van der Waals surface area (Å²) >= 11 is 0. The van der Waals surface area contributed by atoms with Crippen molar-refractivity contribution in [1.82, 2.24) is 14.4 Å². The van der Waals surface area contributed by atoms with Crippen LogP contribution < -0.4 is 0 Å². The summed E-state index contributed by atoms with van der Waals surface area (Å²) in [6, 6.07) is 14.0. The number of hydrogen-bond donors (Lipinski definition) is 0. The average molecular weight is 388 g/mol. The van der Waals surface area contributed by atoms with E-state index in [4.69, 9.17) is 4.52 Å². The summed E-state index contributed by atoms with van der Waals surface area (Å²) in [6.45, 7) is 1.65. The lowest BCUT2D eigenvalue weighted by atomic mass is 10.2. The number of aromatic nitrogens is 2. The number of nitro benzene ring substituents is 1. The van der Waals surface area contributed by atoms with E-state index in [1.54, 1.807) is 6.92 Å². The lowest BCUT2D eigenvalue weighted by Gasteiger charge is -2.18. The molecule has 0 atom stereocenters. The predicted molar refractivity (Wildman–Crippen MR) is 96.1 cm³/mol. The highest BCUT2D eigenvalue weighted by Gasteiger charge is 2.27. The minimum absolute atomic E-state index is 0.129. The highest BCUT2D eigenvalue weighted by Crippen LogP contribution is 2.23. The zero-order valence-electron chi connectivity index (χ0n) is 14.3. The number of benzene rings is 2. The molecule has 27 heavy (non-hydrogen) atoms. The van der Waals surface area contributed by atoms with Crippen molar-refractivity contribution in [2.45, 2.75) is 18.4 Å². The average Bonchev–Trinajstić information content (AvgIpc) is 3.15. The normalized spacial score (nSPS) is 11.6. The molecule has 2 aromatic carbocycles. The summed E-state index contributed by atoms with van der Waals surface area (Å²) in [7, 11) is -3.96. The fraction of sp³-hybridized carbons (Fsp3) is 0.176. The van der Waals surface area contributed by atoms with E-state index in [1.807, 2.05) is 30.3 Å². The van der Waals surface area contributed by atoms with Crippen LogP contribution in [0.4, 0.5) is 5.69 Å². The first-order valence-corrected chi connectivity index (χ1v) is 9.48. The Balaban J connectivity index is 1.86. The first kappa shape index (κ1) is 18.7. The van der Waals surface area contributed by atoms with Crippen LogP contribution in [0, 0.1) is 10.1 Å². The fourth-order valence-corrected chi connectivity index (χ4v) is 3.89. The number of nitrogens with zero attached hydrogens (tertiary/aromatic N) is 4. The van der Waals surface area contributed by atoms with Crippen LogP contribution in [-0.4, -0.2) is 34.3 Å². The molecule has 0 unspecified atom stereocenters. The second-order valence-corrected chi connectivity index (χ2v) is 7.50. The van der Waals surface area contributed by atoms with E-state index >= 15 is 0 Å². The molecule has 10 heteroatoms. The largest absolute Gasteiger partial charge is 0.338 e. The zero-order chi connectivity index (χ0) is 19.4. The lowest BCUT2D eigenvalue weighted by Crippen LogP contribution is -2.30. The Bertz CT molecular complexity index is 1050. The first-order valence-electron chi connectivity index (χ1n) is 8.04. The minimum Gasteiger partial charge on any atom is -0.338 e. The first-order chi connectivity index (χ1) is 12.9. The molecule has 9 nitrogen and oxygen atoms in total. The van der Waals surface area contributed by atoms with Crippen LogP contribution >= 0.6 is 0 Å². The van der Waals surface area contributed by atoms with Gasteiger partial charge in [0.1, 0.15) is 0 Å². The Kier molecular flexibility index (Phi) is 5.28. The molecule has 0 radical (unpaired) electrons.